The van der Waals surface area contributed by atoms with E-state index in [0.717, 1.165) is 19.6 Å². The summed E-state index contributed by atoms with van der Waals surface area (Å²) >= 11 is 3.33. The molecule has 1 aliphatic heterocycles. The molecule has 0 aromatic carbocycles. The standard InChI is InChI=1S/C13H19BrN4O2/c1-10(9-17-5-3-2-4-6-17)16-13-12(14)7-11(8-15-13)18(19)20/h7-8,10H,2-6,9H2,1H3,(H,15,16). The second-order valence-electron chi connectivity index (χ2n) is 5.19. The molecule has 7 heteroatoms. The largest absolute Gasteiger partial charge is 0.365 e. The highest BCUT2D eigenvalue weighted by molar-refractivity contribution is 9.10. The lowest BCUT2D eigenvalue weighted by atomic mass is 10.1. The fraction of sp³-hybridized carbons (Fsp3) is 0.615. The summed E-state index contributed by atoms with van der Waals surface area (Å²) in [5.41, 5.74) is -0.00823. The molecule has 0 saturated carbocycles. The Morgan fingerprint density at radius 2 is 2.20 bits per heavy atom. The van der Waals surface area contributed by atoms with Crippen LogP contribution in [0, 0.1) is 10.1 Å². The number of aromatic nitrogens is 1. The molecule has 1 fully saturated rings. The van der Waals surface area contributed by atoms with Crippen molar-refractivity contribution < 1.29 is 4.92 Å². The molecule has 110 valence electrons. The molecule has 1 saturated heterocycles. The maximum absolute atomic E-state index is 10.7. The van der Waals surface area contributed by atoms with E-state index >= 15 is 0 Å². The first-order chi connectivity index (χ1) is 9.56. The van der Waals surface area contributed by atoms with Gasteiger partial charge in [0.05, 0.1) is 9.40 Å². The van der Waals surface area contributed by atoms with E-state index < -0.39 is 4.92 Å². The second kappa shape index (κ2) is 6.99. The number of piperidine rings is 1. The number of rotatable bonds is 5. The van der Waals surface area contributed by atoms with Crippen molar-refractivity contribution >= 4 is 27.4 Å². The summed E-state index contributed by atoms with van der Waals surface area (Å²) in [7, 11) is 0. The number of hydrogen-bond donors (Lipinski definition) is 1. The number of anilines is 1. The maximum atomic E-state index is 10.7. The van der Waals surface area contributed by atoms with Crippen molar-refractivity contribution in [3.05, 3.63) is 26.9 Å². The molecule has 2 heterocycles. The Hall–Kier alpha value is -1.21. The molecule has 1 aliphatic rings. The predicted octanol–water partition coefficient (Wildman–Crippen LogP) is 3.04. The van der Waals surface area contributed by atoms with Gasteiger partial charge in [-0.05, 0) is 48.8 Å². The van der Waals surface area contributed by atoms with Crippen molar-refractivity contribution in [3.8, 4) is 0 Å². The van der Waals surface area contributed by atoms with E-state index in [2.05, 4.69) is 38.1 Å². The Morgan fingerprint density at radius 1 is 1.50 bits per heavy atom. The maximum Gasteiger partial charge on any atom is 0.288 e. The van der Waals surface area contributed by atoms with E-state index in [1.165, 1.54) is 31.5 Å². The predicted molar refractivity (Wildman–Crippen MR) is 82.0 cm³/mol. The van der Waals surface area contributed by atoms with E-state index in [-0.39, 0.29) is 11.7 Å². The number of pyridine rings is 1. The molecule has 1 aromatic heterocycles. The van der Waals surface area contributed by atoms with Crippen LogP contribution in [0.1, 0.15) is 26.2 Å². The number of likely N-dealkylation sites (tertiary alicyclic amines) is 1. The van der Waals surface area contributed by atoms with Crippen LogP contribution >= 0.6 is 15.9 Å². The molecule has 1 unspecified atom stereocenters. The van der Waals surface area contributed by atoms with Crippen LogP contribution in [0.5, 0.6) is 0 Å². The van der Waals surface area contributed by atoms with Crippen molar-refractivity contribution in [2.45, 2.75) is 32.2 Å². The van der Waals surface area contributed by atoms with Gasteiger partial charge in [-0.3, -0.25) is 10.1 Å². The molecule has 0 bridgehead atoms. The molecule has 0 amide bonds. The van der Waals surface area contributed by atoms with Crippen molar-refractivity contribution in [2.24, 2.45) is 0 Å². The van der Waals surface area contributed by atoms with Crippen LogP contribution in [0.4, 0.5) is 11.5 Å². The number of halogens is 1. The molecule has 0 aliphatic carbocycles. The van der Waals surface area contributed by atoms with Crippen LogP contribution in [0.25, 0.3) is 0 Å². The summed E-state index contributed by atoms with van der Waals surface area (Å²) in [5, 5.41) is 14.0. The normalized spacial score (nSPS) is 17.7. The molecular formula is C13H19BrN4O2. The Labute approximate surface area is 126 Å². The summed E-state index contributed by atoms with van der Waals surface area (Å²) in [6, 6.07) is 1.72. The summed E-state index contributed by atoms with van der Waals surface area (Å²) < 4.78 is 0.622. The minimum atomic E-state index is -0.446. The smallest absolute Gasteiger partial charge is 0.288 e. The lowest BCUT2D eigenvalue weighted by Crippen LogP contribution is -2.38. The number of nitro groups is 1. The summed E-state index contributed by atoms with van der Waals surface area (Å²) in [6.45, 7) is 5.37. The molecule has 20 heavy (non-hydrogen) atoms. The Morgan fingerprint density at radius 3 is 2.80 bits per heavy atom. The minimum Gasteiger partial charge on any atom is -0.365 e. The second-order valence-corrected chi connectivity index (χ2v) is 6.04. The minimum absolute atomic E-state index is 0.00823. The molecule has 2 rings (SSSR count). The highest BCUT2D eigenvalue weighted by Crippen LogP contribution is 2.25. The average Bonchev–Trinajstić information content (AvgIpc) is 2.42. The van der Waals surface area contributed by atoms with Gasteiger partial charge in [-0.15, -0.1) is 0 Å². The van der Waals surface area contributed by atoms with Crippen LogP contribution < -0.4 is 5.32 Å². The number of hydrogen-bond acceptors (Lipinski definition) is 5. The lowest BCUT2D eigenvalue weighted by molar-refractivity contribution is -0.385. The monoisotopic (exact) mass is 342 g/mol. The lowest BCUT2D eigenvalue weighted by Gasteiger charge is -2.29. The number of nitrogens with one attached hydrogen (secondary N) is 1. The Balaban J connectivity index is 1.93. The van der Waals surface area contributed by atoms with Crippen LogP contribution in [0.2, 0.25) is 0 Å². The van der Waals surface area contributed by atoms with Gasteiger partial charge in [-0.1, -0.05) is 6.42 Å². The van der Waals surface area contributed by atoms with Gasteiger partial charge in [0.15, 0.2) is 0 Å². The highest BCUT2D eigenvalue weighted by Gasteiger charge is 2.16. The highest BCUT2D eigenvalue weighted by atomic mass is 79.9. The fourth-order valence-corrected chi connectivity index (χ4v) is 2.89. The number of nitrogens with zero attached hydrogens (tertiary/aromatic N) is 3. The van der Waals surface area contributed by atoms with Gasteiger partial charge in [-0.25, -0.2) is 4.98 Å². The Bertz CT molecular complexity index is 477. The average molecular weight is 343 g/mol. The van der Waals surface area contributed by atoms with E-state index in [4.69, 9.17) is 0 Å². The van der Waals surface area contributed by atoms with Gasteiger partial charge in [0.2, 0.25) is 0 Å². The van der Waals surface area contributed by atoms with Crippen LogP contribution in [0.3, 0.4) is 0 Å². The van der Waals surface area contributed by atoms with Crippen LogP contribution in [0.15, 0.2) is 16.7 Å². The van der Waals surface area contributed by atoms with Crippen molar-refractivity contribution in [1.82, 2.24) is 9.88 Å². The quantitative estimate of drug-likeness (QED) is 0.657. The molecule has 0 spiro atoms. The zero-order chi connectivity index (χ0) is 14.5. The first-order valence-corrected chi connectivity index (χ1v) is 7.64. The summed E-state index contributed by atoms with van der Waals surface area (Å²) in [4.78, 5) is 16.8. The molecule has 1 N–H and O–H groups in total. The van der Waals surface area contributed by atoms with Crippen molar-refractivity contribution in [2.75, 3.05) is 25.0 Å². The van der Waals surface area contributed by atoms with Crippen molar-refractivity contribution in [1.29, 1.82) is 0 Å². The summed E-state index contributed by atoms with van der Waals surface area (Å²) in [5.74, 6) is 0.653. The fourth-order valence-electron chi connectivity index (χ4n) is 2.44. The molecule has 1 atom stereocenters. The topological polar surface area (TPSA) is 71.3 Å². The van der Waals surface area contributed by atoms with E-state index in [1.54, 1.807) is 0 Å². The zero-order valence-electron chi connectivity index (χ0n) is 11.5. The Kier molecular flexibility index (Phi) is 5.31. The van der Waals surface area contributed by atoms with E-state index in [1.807, 2.05) is 0 Å². The molecule has 6 nitrogen and oxygen atoms in total. The molecule has 0 radical (unpaired) electrons. The SMILES string of the molecule is CC(CN1CCCCC1)Nc1ncc([N+](=O)[O-])cc1Br. The molecular weight excluding hydrogens is 324 g/mol. The third-order valence-corrected chi connectivity index (χ3v) is 4.01. The third-order valence-electron chi connectivity index (χ3n) is 3.40. The van der Waals surface area contributed by atoms with Crippen LogP contribution in [-0.4, -0.2) is 40.5 Å². The molecule has 1 aromatic rings. The zero-order valence-corrected chi connectivity index (χ0v) is 13.1. The first kappa shape index (κ1) is 15.2. The third kappa shape index (κ3) is 4.14. The van der Waals surface area contributed by atoms with E-state index in [9.17, 15) is 10.1 Å². The van der Waals surface area contributed by atoms with Gasteiger partial charge in [-0.2, -0.15) is 0 Å². The summed E-state index contributed by atoms with van der Waals surface area (Å²) in [6.07, 6.45) is 5.15. The first-order valence-electron chi connectivity index (χ1n) is 6.85. The van der Waals surface area contributed by atoms with Crippen LogP contribution in [-0.2, 0) is 0 Å². The van der Waals surface area contributed by atoms with Gasteiger partial charge in [0, 0.05) is 18.7 Å². The van der Waals surface area contributed by atoms with Gasteiger partial charge in [0.1, 0.15) is 12.0 Å². The van der Waals surface area contributed by atoms with E-state index in [0.29, 0.717) is 10.3 Å². The van der Waals surface area contributed by atoms with Gasteiger partial charge < -0.3 is 10.2 Å². The van der Waals surface area contributed by atoms with Crippen molar-refractivity contribution in [3.63, 3.8) is 0 Å². The van der Waals surface area contributed by atoms with Gasteiger partial charge >= 0.3 is 0 Å². The van der Waals surface area contributed by atoms with Gasteiger partial charge in [0.25, 0.3) is 5.69 Å².